The average molecular weight is 464 g/mol. The van der Waals surface area contributed by atoms with E-state index in [-0.39, 0.29) is 23.1 Å². The molecule has 0 radical (unpaired) electrons. The molecule has 1 atom stereocenters. The molecule has 0 bridgehead atoms. The number of piperidine rings is 1. The summed E-state index contributed by atoms with van der Waals surface area (Å²) in [6.45, 7) is 2.08. The largest absolute Gasteiger partial charge is 0.493 e. The Morgan fingerprint density at radius 2 is 1.85 bits per heavy atom. The maximum absolute atomic E-state index is 12.7. The Labute approximate surface area is 201 Å². The van der Waals surface area contributed by atoms with E-state index in [2.05, 4.69) is 10.3 Å². The second-order valence-electron chi connectivity index (χ2n) is 9.14. The van der Waals surface area contributed by atoms with Gasteiger partial charge in [-0.1, -0.05) is 6.07 Å². The third kappa shape index (κ3) is 5.58. The molecule has 1 aromatic carbocycles. The molecule has 2 aliphatic rings. The molecule has 7 nitrogen and oxygen atoms in total. The van der Waals surface area contributed by atoms with Crippen molar-refractivity contribution in [2.24, 2.45) is 11.3 Å². The highest BCUT2D eigenvalue weighted by atomic mass is 16.5. The second kappa shape index (κ2) is 10.7. The van der Waals surface area contributed by atoms with Gasteiger partial charge in [0.2, 0.25) is 11.8 Å². The maximum atomic E-state index is 12.7. The van der Waals surface area contributed by atoms with Gasteiger partial charge < -0.3 is 19.7 Å². The minimum absolute atomic E-state index is 0.00222. The highest BCUT2D eigenvalue weighted by Gasteiger charge is 2.58. The summed E-state index contributed by atoms with van der Waals surface area (Å²) in [7, 11) is 3.19. The Hall–Kier alpha value is -3.35. The van der Waals surface area contributed by atoms with Gasteiger partial charge in [0.25, 0.3) is 0 Å². The van der Waals surface area contributed by atoms with Gasteiger partial charge >= 0.3 is 0 Å². The van der Waals surface area contributed by atoms with Crippen LogP contribution in [-0.2, 0) is 16.0 Å². The highest BCUT2D eigenvalue weighted by Crippen LogP contribution is 2.59. The number of rotatable bonds is 9. The molecule has 1 spiro atoms. The average Bonchev–Trinajstić information content (AvgIpc) is 3.58. The van der Waals surface area contributed by atoms with E-state index in [0.29, 0.717) is 31.1 Å². The van der Waals surface area contributed by atoms with Crippen molar-refractivity contribution in [1.29, 1.82) is 0 Å². The van der Waals surface area contributed by atoms with Crippen LogP contribution in [0.5, 0.6) is 11.5 Å². The van der Waals surface area contributed by atoms with Gasteiger partial charge in [-0.3, -0.25) is 14.6 Å². The van der Waals surface area contributed by atoms with Gasteiger partial charge in [-0.2, -0.15) is 0 Å². The van der Waals surface area contributed by atoms with E-state index < -0.39 is 0 Å². The van der Waals surface area contributed by atoms with Crippen LogP contribution in [0.15, 0.2) is 48.8 Å². The van der Waals surface area contributed by atoms with Crippen LogP contribution in [0, 0.1) is 11.3 Å². The lowest BCUT2D eigenvalue weighted by atomic mass is 9.90. The molecule has 1 N–H and O–H groups in total. The first kappa shape index (κ1) is 23.8. The van der Waals surface area contributed by atoms with E-state index in [9.17, 15) is 9.59 Å². The van der Waals surface area contributed by atoms with E-state index in [1.165, 1.54) is 5.56 Å². The molecule has 1 saturated heterocycles. The lowest BCUT2D eigenvalue weighted by Crippen LogP contribution is -2.40. The Kier molecular flexibility index (Phi) is 7.50. The number of carbonyl (C=O) groups excluding carboxylic acids is 2. The number of aromatic nitrogens is 1. The molecule has 2 amide bonds. The Bertz CT molecular complexity index is 1030. The first-order valence-electron chi connectivity index (χ1n) is 11.9. The Balaban J connectivity index is 1.20. The van der Waals surface area contributed by atoms with Gasteiger partial charge in [-0.15, -0.1) is 0 Å². The lowest BCUT2D eigenvalue weighted by Gasteiger charge is -2.32. The van der Waals surface area contributed by atoms with E-state index >= 15 is 0 Å². The minimum atomic E-state index is 0.00222. The van der Waals surface area contributed by atoms with Gasteiger partial charge in [0.05, 0.1) is 14.2 Å². The number of methoxy groups -OCH3 is 2. The summed E-state index contributed by atoms with van der Waals surface area (Å²) < 4.78 is 10.6. The summed E-state index contributed by atoms with van der Waals surface area (Å²) in [5.41, 5.74) is 2.20. The fourth-order valence-corrected chi connectivity index (χ4v) is 4.85. The fourth-order valence-electron chi connectivity index (χ4n) is 4.85. The van der Waals surface area contributed by atoms with Crippen LogP contribution in [0.2, 0.25) is 0 Å². The molecule has 1 aliphatic carbocycles. The van der Waals surface area contributed by atoms with Crippen LogP contribution in [-0.4, -0.2) is 55.6 Å². The Morgan fingerprint density at radius 3 is 2.56 bits per heavy atom. The van der Waals surface area contributed by atoms with Gasteiger partial charge in [-0.25, -0.2) is 0 Å². The summed E-state index contributed by atoms with van der Waals surface area (Å²) in [6.07, 6.45) is 11.6. The summed E-state index contributed by atoms with van der Waals surface area (Å²) in [5.74, 6) is 1.55. The minimum Gasteiger partial charge on any atom is -0.493 e. The van der Waals surface area contributed by atoms with Crippen LogP contribution in [0.1, 0.15) is 36.8 Å². The number of nitrogens with zero attached hydrogens (tertiary/aromatic N) is 2. The number of ether oxygens (including phenoxy) is 2. The van der Waals surface area contributed by atoms with Crippen molar-refractivity contribution in [3.05, 3.63) is 59.9 Å². The van der Waals surface area contributed by atoms with E-state index in [4.69, 9.17) is 9.47 Å². The molecule has 2 fully saturated rings. The highest BCUT2D eigenvalue weighted by molar-refractivity contribution is 5.92. The van der Waals surface area contributed by atoms with Crippen LogP contribution >= 0.6 is 0 Å². The second-order valence-corrected chi connectivity index (χ2v) is 9.14. The number of aryl methyl sites for hydroxylation is 1. The predicted octanol–water partition coefficient (Wildman–Crippen LogP) is 3.49. The molecule has 2 aromatic rings. The molecule has 0 unspecified atom stereocenters. The Morgan fingerprint density at radius 1 is 1.12 bits per heavy atom. The molecule has 34 heavy (non-hydrogen) atoms. The van der Waals surface area contributed by atoms with E-state index in [1.807, 2.05) is 35.2 Å². The molecule has 4 rings (SSSR count). The van der Waals surface area contributed by atoms with Crippen molar-refractivity contribution in [3.8, 4) is 11.5 Å². The van der Waals surface area contributed by atoms with Crippen LogP contribution in [0.25, 0.3) is 6.08 Å². The monoisotopic (exact) mass is 463 g/mol. The van der Waals surface area contributed by atoms with Crippen molar-refractivity contribution < 1.29 is 19.1 Å². The topological polar surface area (TPSA) is 80.8 Å². The van der Waals surface area contributed by atoms with Crippen molar-refractivity contribution in [2.75, 3.05) is 33.9 Å². The molecule has 180 valence electrons. The number of amides is 2. The third-order valence-corrected chi connectivity index (χ3v) is 7.09. The quantitative estimate of drug-likeness (QED) is 0.455. The number of hydrogen-bond donors (Lipinski definition) is 1. The summed E-state index contributed by atoms with van der Waals surface area (Å²) in [5, 5.41) is 3.11. The summed E-state index contributed by atoms with van der Waals surface area (Å²) in [4.78, 5) is 31.2. The third-order valence-electron chi connectivity index (χ3n) is 7.09. The smallest absolute Gasteiger partial charge is 0.246 e. The fraction of sp³-hybridized carbons (Fsp3) is 0.444. The lowest BCUT2D eigenvalue weighted by molar-refractivity contribution is -0.127. The van der Waals surface area contributed by atoms with Gasteiger partial charge in [0, 0.05) is 44.0 Å². The first-order chi connectivity index (χ1) is 16.5. The maximum Gasteiger partial charge on any atom is 0.246 e. The summed E-state index contributed by atoms with van der Waals surface area (Å²) in [6, 6.07) is 9.58. The number of carbonyl (C=O) groups is 2. The molecule has 1 aromatic heterocycles. The predicted molar refractivity (Wildman–Crippen MR) is 131 cm³/mol. The van der Waals surface area contributed by atoms with Gasteiger partial charge in [0.1, 0.15) is 0 Å². The number of benzene rings is 1. The van der Waals surface area contributed by atoms with Crippen LogP contribution < -0.4 is 14.8 Å². The van der Waals surface area contributed by atoms with Crippen molar-refractivity contribution >= 4 is 17.9 Å². The van der Waals surface area contributed by atoms with Gasteiger partial charge in [0.15, 0.2) is 11.5 Å². The SMILES string of the molecule is COc1ccc(/C=C/C(=O)N2CCC3(CC2)C[C@H]3C(=O)NCCCc2ccncc2)cc1OC. The molecule has 2 heterocycles. The van der Waals surface area contributed by atoms with Gasteiger partial charge in [-0.05, 0) is 79.0 Å². The number of likely N-dealkylation sites (tertiary alicyclic amines) is 1. The zero-order chi connectivity index (χ0) is 24.0. The van der Waals surface area contributed by atoms with E-state index in [0.717, 1.165) is 37.7 Å². The van der Waals surface area contributed by atoms with Crippen LogP contribution in [0.4, 0.5) is 0 Å². The molecule has 1 aliphatic heterocycles. The van der Waals surface area contributed by atoms with E-state index in [1.54, 1.807) is 38.8 Å². The normalized spacial score (nSPS) is 18.6. The van der Waals surface area contributed by atoms with Crippen molar-refractivity contribution in [2.45, 2.75) is 32.1 Å². The zero-order valence-corrected chi connectivity index (χ0v) is 20.0. The molecular weight excluding hydrogens is 430 g/mol. The zero-order valence-electron chi connectivity index (χ0n) is 20.0. The molecule has 1 saturated carbocycles. The molecular formula is C27H33N3O4. The number of hydrogen-bond acceptors (Lipinski definition) is 5. The standard InChI is InChI=1S/C27H33N3O4/c1-33-23-7-5-21(18-24(23)34-2)6-8-25(31)30-16-11-27(12-17-30)19-22(27)26(32)29-13-3-4-20-9-14-28-15-10-20/h5-10,14-15,18,22H,3-4,11-13,16-17,19H2,1-2H3,(H,29,32)/b8-6+/t22-/m0/s1. The molecule has 7 heteroatoms. The first-order valence-corrected chi connectivity index (χ1v) is 11.9. The number of nitrogens with one attached hydrogen (secondary N) is 1. The van der Waals surface area contributed by atoms with Crippen molar-refractivity contribution in [1.82, 2.24) is 15.2 Å². The van der Waals surface area contributed by atoms with Crippen molar-refractivity contribution in [3.63, 3.8) is 0 Å². The summed E-state index contributed by atoms with van der Waals surface area (Å²) >= 11 is 0. The number of pyridine rings is 1. The van der Waals surface area contributed by atoms with Crippen LogP contribution in [0.3, 0.4) is 0 Å².